The molecule has 1 aromatic rings. The van der Waals surface area contributed by atoms with Gasteiger partial charge in [-0.15, -0.1) is 12.4 Å². The Morgan fingerprint density at radius 3 is 2.65 bits per heavy atom. The van der Waals surface area contributed by atoms with Crippen molar-refractivity contribution in [1.29, 1.82) is 0 Å². The van der Waals surface area contributed by atoms with Crippen LogP contribution in [0.1, 0.15) is 27.2 Å². The quantitative estimate of drug-likeness (QED) is 0.629. The molecule has 4 N–H and O–H groups in total. The van der Waals surface area contributed by atoms with Gasteiger partial charge in [0.1, 0.15) is 12.4 Å². The molecule has 1 aromatic carbocycles. The van der Waals surface area contributed by atoms with E-state index in [-0.39, 0.29) is 30.1 Å². The first kappa shape index (κ1) is 21.2. The third kappa shape index (κ3) is 7.85. The highest BCUT2D eigenvalue weighted by Gasteiger charge is 2.18. The van der Waals surface area contributed by atoms with Gasteiger partial charge in [0.25, 0.3) is 0 Å². The normalized spacial score (nSPS) is 12.5. The molecule has 0 spiro atoms. The minimum Gasteiger partial charge on any atom is -0.492 e. The molecule has 0 bridgehead atoms. The molecule has 0 aliphatic carbocycles. The summed E-state index contributed by atoms with van der Waals surface area (Å²) in [5.74, 6) is 0.482. The number of hydrogen-bond acceptors (Lipinski definition) is 4. The molecular formula is C16H26ClN3O3. The van der Waals surface area contributed by atoms with Crippen LogP contribution in [0.15, 0.2) is 24.3 Å². The van der Waals surface area contributed by atoms with Gasteiger partial charge in [-0.05, 0) is 18.1 Å². The van der Waals surface area contributed by atoms with Crippen molar-refractivity contribution < 1.29 is 14.3 Å². The lowest BCUT2D eigenvalue weighted by Crippen LogP contribution is -2.45. The molecule has 6 nitrogen and oxygen atoms in total. The van der Waals surface area contributed by atoms with E-state index >= 15 is 0 Å². The van der Waals surface area contributed by atoms with E-state index in [1.807, 2.05) is 13.8 Å². The second kappa shape index (κ2) is 10.9. The van der Waals surface area contributed by atoms with Crippen LogP contribution in [0.25, 0.3) is 0 Å². The van der Waals surface area contributed by atoms with Gasteiger partial charge in [0.15, 0.2) is 0 Å². The van der Waals surface area contributed by atoms with Gasteiger partial charge < -0.3 is 21.1 Å². The van der Waals surface area contributed by atoms with Crippen LogP contribution in [-0.4, -0.2) is 31.0 Å². The number of carbonyl (C=O) groups is 2. The van der Waals surface area contributed by atoms with Crippen molar-refractivity contribution >= 4 is 29.9 Å². The van der Waals surface area contributed by atoms with E-state index in [2.05, 4.69) is 10.6 Å². The van der Waals surface area contributed by atoms with E-state index in [0.717, 1.165) is 6.42 Å². The van der Waals surface area contributed by atoms with Gasteiger partial charge >= 0.3 is 0 Å². The van der Waals surface area contributed by atoms with Crippen molar-refractivity contribution in [2.24, 2.45) is 11.7 Å². The zero-order chi connectivity index (χ0) is 16.5. The summed E-state index contributed by atoms with van der Waals surface area (Å²) in [5, 5.41) is 5.44. The molecule has 0 heterocycles. The van der Waals surface area contributed by atoms with Crippen LogP contribution in [0, 0.1) is 5.92 Å². The molecule has 23 heavy (non-hydrogen) atoms. The van der Waals surface area contributed by atoms with E-state index in [1.165, 1.54) is 6.92 Å². The van der Waals surface area contributed by atoms with Gasteiger partial charge in [-0.1, -0.05) is 26.3 Å². The first-order valence-corrected chi connectivity index (χ1v) is 7.47. The van der Waals surface area contributed by atoms with Gasteiger partial charge in [-0.25, -0.2) is 0 Å². The first-order valence-electron chi connectivity index (χ1n) is 7.47. The highest BCUT2D eigenvalue weighted by Crippen LogP contribution is 2.17. The van der Waals surface area contributed by atoms with E-state index in [4.69, 9.17) is 10.5 Å². The van der Waals surface area contributed by atoms with Crippen molar-refractivity contribution in [1.82, 2.24) is 5.32 Å². The second-order valence-electron chi connectivity index (χ2n) is 5.26. The third-order valence-corrected chi connectivity index (χ3v) is 3.38. The average Bonchev–Trinajstić information content (AvgIpc) is 2.49. The smallest absolute Gasteiger partial charge is 0.237 e. The molecule has 0 saturated heterocycles. The molecule has 2 atom stereocenters. The monoisotopic (exact) mass is 343 g/mol. The maximum Gasteiger partial charge on any atom is 0.237 e. The maximum absolute atomic E-state index is 11.8. The lowest BCUT2D eigenvalue weighted by Gasteiger charge is -2.17. The Morgan fingerprint density at radius 1 is 1.35 bits per heavy atom. The van der Waals surface area contributed by atoms with Gasteiger partial charge in [0, 0.05) is 18.7 Å². The zero-order valence-electron chi connectivity index (χ0n) is 13.8. The van der Waals surface area contributed by atoms with E-state index in [9.17, 15) is 9.59 Å². The Kier molecular flexibility index (Phi) is 10.0. The zero-order valence-corrected chi connectivity index (χ0v) is 14.6. The van der Waals surface area contributed by atoms with Crippen molar-refractivity contribution in [2.75, 3.05) is 18.5 Å². The summed E-state index contributed by atoms with van der Waals surface area (Å²) in [6.45, 7) is 6.12. The molecule has 2 amide bonds. The second-order valence-corrected chi connectivity index (χ2v) is 5.26. The van der Waals surface area contributed by atoms with E-state index in [0.29, 0.717) is 24.6 Å². The third-order valence-electron chi connectivity index (χ3n) is 3.38. The first-order chi connectivity index (χ1) is 10.4. The minimum atomic E-state index is -0.493. The Morgan fingerprint density at radius 2 is 2.04 bits per heavy atom. The van der Waals surface area contributed by atoms with Crippen LogP contribution in [0.2, 0.25) is 0 Å². The summed E-state index contributed by atoms with van der Waals surface area (Å²) in [5.41, 5.74) is 6.51. The summed E-state index contributed by atoms with van der Waals surface area (Å²) in [6, 6.07) is 6.60. The Balaban J connectivity index is 0.00000484. The topological polar surface area (TPSA) is 93.5 Å². The SMILES string of the molecule is CCC(C)C(N)C(=O)NCCOc1cccc(NC(C)=O)c1.Cl. The fraction of sp³-hybridized carbons (Fsp3) is 0.500. The van der Waals surface area contributed by atoms with Gasteiger partial charge in [-0.2, -0.15) is 0 Å². The van der Waals surface area contributed by atoms with Crippen LogP contribution in [-0.2, 0) is 9.59 Å². The lowest BCUT2D eigenvalue weighted by molar-refractivity contribution is -0.123. The number of benzene rings is 1. The molecule has 130 valence electrons. The van der Waals surface area contributed by atoms with Gasteiger partial charge in [0.2, 0.25) is 11.8 Å². The average molecular weight is 344 g/mol. The molecule has 0 aliphatic heterocycles. The number of amides is 2. The number of carbonyl (C=O) groups excluding carboxylic acids is 2. The van der Waals surface area contributed by atoms with Crippen molar-refractivity contribution in [3.05, 3.63) is 24.3 Å². The molecule has 0 radical (unpaired) electrons. The number of nitrogens with one attached hydrogen (secondary N) is 2. The summed E-state index contributed by atoms with van der Waals surface area (Å²) in [4.78, 5) is 22.8. The number of nitrogens with two attached hydrogens (primary N) is 1. The van der Waals surface area contributed by atoms with E-state index < -0.39 is 6.04 Å². The molecule has 1 rings (SSSR count). The Hall–Kier alpha value is -1.79. The van der Waals surface area contributed by atoms with Crippen molar-refractivity contribution in [3.8, 4) is 5.75 Å². The standard InChI is InChI=1S/C16H25N3O3.ClH/c1-4-11(2)15(17)16(21)18-8-9-22-14-7-5-6-13(10-14)19-12(3)20;/h5-7,10-11,15H,4,8-9,17H2,1-3H3,(H,18,21)(H,19,20);1H. The largest absolute Gasteiger partial charge is 0.492 e. The van der Waals surface area contributed by atoms with Crippen molar-refractivity contribution in [3.63, 3.8) is 0 Å². The lowest BCUT2D eigenvalue weighted by atomic mass is 9.99. The summed E-state index contributed by atoms with van der Waals surface area (Å²) in [6.07, 6.45) is 0.862. The molecular weight excluding hydrogens is 318 g/mol. The number of ether oxygens (including phenoxy) is 1. The summed E-state index contributed by atoms with van der Waals surface area (Å²) >= 11 is 0. The highest BCUT2D eigenvalue weighted by molar-refractivity contribution is 5.88. The van der Waals surface area contributed by atoms with Crippen LogP contribution < -0.4 is 21.1 Å². The van der Waals surface area contributed by atoms with Crippen molar-refractivity contribution in [2.45, 2.75) is 33.2 Å². The molecule has 0 aromatic heterocycles. The van der Waals surface area contributed by atoms with Crippen LogP contribution in [0.5, 0.6) is 5.75 Å². The fourth-order valence-electron chi connectivity index (χ4n) is 1.84. The minimum absolute atomic E-state index is 0. The van der Waals surface area contributed by atoms with Gasteiger partial charge in [0.05, 0.1) is 12.6 Å². The van der Waals surface area contributed by atoms with Gasteiger partial charge in [-0.3, -0.25) is 9.59 Å². The number of anilines is 1. The maximum atomic E-state index is 11.8. The molecule has 0 aliphatic rings. The van der Waals surface area contributed by atoms with Crippen LogP contribution in [0.3, 0.4) is 0 Å². The molecule has 0 fully saturated rings. The Labute approximate surface area is 143 Å². The number of rotatable bonds is 8. The number of halogens is 1. The summed E-state index contributed by atoms with van der Waals surface area (Å²) < 4.78 is 5.54. The predicted octanol–water partition coefficient (Wildman–Crippen LogP) is 1.94. The highest BCUT2D eigenvalue weighted by atomic mass is 35.5. The number of hydrogen-bond donors (Lipinski definition) is 3. The molecule has 0 saturated carbocycles. The van der Waals surface area contributed by atoms with Crippen LogP contribution in [0.4, 0.5) is 5.69 Å². The fourth-order valence-corrected chi connectivity index (χ4v) is 1.84. The molecule has 2 unspecified atom stereocenters. The predicted molar refractivity (Wildman–Crippen MR) is 93.9 cm³/mol. The Bertz CT molecular complexity index is 511. The van der Waals surface area contributed by atoms with E-state index in [1.54, 1.807) is 24.3 Å². The summed E-state index contributed by atoms with van der Waals surface area (Å²) in [7, 11) is 0. The molecule has 7 heteroatoms. The van der Waals surface area contributed by atoms with Crippen LogP contribution >= 0.6 is 12.4 Å².